The first-order valence-electron chi connectivity index (χ1n) is 9.05. The number of amides is 2. The Morgan fingerprint density at radius 3 is 3.07 bits per heavy atom. The van der Waals surface area contributed by atoms with Crippen LogP contribution in [0.1, 0.15) is 17.5 Å². The van der Waals surface area contributed by atoms with Gasteiger partial charge in [0.2, 0.25) is 11.8 Å². The molecule has 1 aromatic carbocycles. The number of methoxy groups -OCH3 is 1. The number of aromatic nitrogens is 2. The number of nitrogens with one attached hydrogen (secondary N) is 3. The highest BCUT2D eigenvalue weighted by atomic mass is 16.5. The molecule has 0 spiro atoms. The molecule has 8 heteroatoms. The van der Waals surface area contributed by atoms with Crippen LogP contribution in [0.2, 0.25) is 0 Å². The molecule has 0 unspecified atom stereocenters. The van der Waals surface area contributed by atoms with Crippen LogP contribution < -0.4 is 15.4 Å². The van der Waals surface area contributed by atoms with Crippen molar-refractivity contribution in [2.75, 3.05) is 26.7 Å². The smallest absolute Gasteiger partial charge is 0.237 e. The maximum absolute atomic E-state index is 12.3. The zero-order valence-electron chi connectivity index (χ0n) is 15.4. The summed E-state index contributed by atoms with van der Waals surface area (Å²) < 4.78 is 5.26. The van der Waals surface area contributed by atoms with E-state index >= 15 is 0 Å². The molecule has 0 saturated carbocycles. The second-order valence-electron chi connectivity index (χ2n) is 6.54. The summed E-state index contributed by atoms with van der Waals surface area (Å²) in [7, 11) is 1.63. The highest BCUT2D eigenvalue weighted by Gasteiger charge is 2.31. The fourth-order valence-electron chi connectivity index (χ4n) is 3.19. The molecule has 27 heavy (non-hydrogen) atoms. The lowest BCUT2D eigenvalue weighted by Gasteiger charge is -2.34. The van der Waals surface area contributed by atoms with Crippen molar-refractivity contribution in [2.24, 2.45) is 0 Å². The Kier molecular flexibility index (Phi) is 6.43. The molecule has 2 amide bonds. The number of piperazine rings is 1. The molecule has 1 saturated heterocycles. The van der Waals surface area contributed by atoms with Gasteiger partial charge in [-0.25, -0.2) is 0 Å². The van der Waals surface area contributed by atoms with Gasteiger partial charge in [0.15, 0.2) is 0 Å². The van der Waals surface area contributed by atoms with Gasteiger partial charge in [-0.05, 0) is 29.7 Å². The monoisotopic (exact) mass is 371 g/mol. The molecular weight excluding hydrogens is 346 g/mol. The minimum absolute atomic E-state index is 0.103. The summed E-state index contributed by atoms with van der Waals surface area (Å²) in [5, 5.41) is 12.4. The number of carbonyl (C=O) groups is 2. The van der Waals surface area contributed by atoms with E-state index in [4.69, 9.17) is 4.74 Å². The Morgan fingerprint density at radius 1 is 1.41 bits per heavy atom. The topological polar surface area (TPSA) is 99.3 Å². The molecule has 3 rings (SSSR count). The molecule has 0 radical (unpaired) electrons. The third kappa shape index (κ3) is 5.30. The van der Waals surface area contributed by atoms with Crippen molar-refractivity contribution < 1.29 is 14.3 Å². The molecule has 2 aromatic rings. The fraction of sp³-hybridized carbons (Fsp3) is 0.421. The first-order chi connectivity index (χ1) is 13.2. The molecule has 1 atom stereocenters. The van der Waals surface area contributed by atoms with Crippen molar-refractivity contribution in [3.63, 3.8) is 0 Å². The summed E-state index contributed by atoms with van der Waals surface area (Å²) in [6.45, 7) is 2.40. The van der Waals surface area contributed by atoms with Crippen LogP contribution >= 0.6 is 0 Å². The third-order valence-corrected chi connectivity index (χ3v) is 4.63. The molecule has 0 aliphatic carbocycles. The van der Waals surface area contributed by atoms with Gasteiger partial charge in [0.05, 0.1) is 25.8 Å². The largest absolute Gasteiger partial charge is 0.497 e. The highest BCUT2D eigenvalue weighted by Crippen LogP contribution is 2.18. The lowest BCUT2D eigenvalue weighted by Crippen LogP contribution is -2.56. The predicted molar refractivity (Wildman–Crippen MR) is 100 cm³/mol. The Balaban J connectivity index is 1.56. The number of rotatable bonds is 8. The Labute approximate surface area is 158 Å². The molecule has 1 aromatic heterocycles. The van der Waals surface area contributed by atoms with Gasteiger partial charge in [-0.15, -0.1) is 0 Å². The number of aromatic amines is 1. The van der Waals surface area contributed by atoms with E-state index in [0.717, 1.165) is 16.9 Å². The summed E-state index contributed by atoms with van der Waals surface area (Å²) in [5.41, 5.74) is 2.08. The fourth-order valence-corrected chi connectivity index (χ4v) is 3.19. The molecule has 1 aliphatic heterocycles. The summed E-state index contributed by atoms with van der Waals surface area (Å²) in [6.07, 6.45) is 4.38. The summed E-state index contributed by atoms with van der Waals surface area (Å²) in [4.78, 5) is 26.7. The second-order valence-corrected chi connectivity index (χ2v) is 6.54. The second kappa shape index (κ2) is 9.18. The highest BCUT2D eigenvalue weighted by molar-refractivity contribution is 5.88. The molecule has 8 nitrogen and oxygen atoms in total. The quantitative estimate of drug-likeness (QED) is 0.626. The lowest BCUT2D eigenvalue weighted by atomic mass is 10.1. The Bertz CT molecular complexity index is 762. The minimum atomic E-state index is -0.473. The van der Waals surface area contributed by atoms with E-state index in [-0.39, 0.29) is 18.2 Å². The average Bonchev–Trinajstić information content (AvgIpc) is 3.18. The normalized spacial score (nSPS) is 17.4. The van der Waals surface area contributed by atoms with Crippen LogP contribution in [0.5, 0.6) is 5.75 Å². The van der Waals surface area contributed by atoms with E-state index < -0.39 is 6.04 Å². The average molecular weight is 371 g/mol. The van der Waals surface area contributed by atoms with Gasteiger partial charge in [0, 0.05) is 32.4 Å². The van der Waals surface area contributed by atoms with Crippen molar-refractivity contribution in [1.82, 2.24) is 25.7 Å². The minimum Gasteiger partial charge on any atom is -0.497 e. The molecule has 1 fully saturated rings. The molecular formula is C19H25N5O3. The van der Waals surface area contributed by atoms with Gasteiger partial charge < -0.3 is 15.4 Å². The number of ether oxygens (including phenoxy) is 1. The standard InChI is InChI=1S/C19H25N5O3/c1-27-16-4-2-3-14(9-16)13-24-8-7-21-19(26)17(24)10-18(25)20-6-5-15-11-22-23-12-15/h2-4,9,11-12,17H,5-8,10,13H2,1H3,(H,20,25)(H,21,26)(H,22,23)/t17-/m1/s1. The van der Waals surface area contributed by atoms with Crippen LogP contribution in [0.25, 0.3) is 0 Å². The summed E-state index contributed by atoms with van der Waals surface area (Å²) >= 11 is 0. The van der Waals surface area contributed by atoms with E-state index in [0.29, 0.717) is 32.6 Å². The maximum atomic E-state index is 12.3. The molecule has 0 bridgehead atoms. The first kappa shape index (κ1) is 18.9. The molecule has 3 N–H and O–H groups in total. The van der Waals surface area contributed by atoms with E-state index in [2.05, 4.69) is 20.8 Å². The Morgan fingerprint density at radius 2 is 2.30 bits per heavy atom. The predicted octanol–water partition coefficient (Wildman–Crippen LogP) is 0.468. The molecule has 2 heterocycles. The number of H-pyrrole nitrogens is 1. The lowest BCUT2D eigenvalue weighted by molar-refractivity contribution is -0.134. The number of hydrogen-bond acceptors (Lipinski definition) is 5. The van der Waals surface area contributed by atoms with E-state index in [9.17, 15) is 9.59 Å². The first-order valence-corrected chi connectivity index (χ1v) is 9.05. The number of hydrogen-bond donors (Lipinski definition) is 3. The molecule has 1 aliphatic rings. The van der Waals surface area contributed by atoms with Crippen molar-refractivity contribution in [1.29, 1.82) is 0 Å². The van der Waals surface area contributed by atoms with Crippen LogP contribution in [0, 0.1) is 0 Å². The number of carbonyl (C=O) groups excluding carboxylic acids is 2. The zero-order valence-corrected chi connectivity index (χ0v) is 15.4. The van der Waals surface area contributed by atoms with Gasteiger partial charge in [0.25, 0.3) is 0 Å². The van der Waals surface area contributed by atoms with E-state index in [1.54, 1.807) is 19.5 Å². The number of nitrogens with zero attached hydrogens (tertiary/aromatic N) is 2. The zero-order chi connectivity index (χ0) is 19.1. The van der Waals surface area contributed by atoms with Gasteiger partial charge in [-0.3, -0.25) is 19.6 Å². The van der Waals surface area contributed by atoms with Crippen LogP contribution in [0.3, 0.4) is 0 Å². The van der Waals surface area contributed by atoms with Crippen molar-refractivity contribution >= 4 is 11.8 Å². The van der Waals surface area contributed by atoms with Crippen LogP contribution in [0.4, 0.5) is 0 Å². The summed E-state index contributed by atoms with van der Waals surface area (Å²) in [5.74, 6) is 0.549. The van der Waals surface area contributed by atoms with Gasteiger partial charge >= 0.3 is 0 Å². The van der Waals surface area contributed by atoms with Crippen LogP contribution in [0.15, 0.2) is 36.7 Å². The van der Waals surface area contributed by atoms with E-state index in [1.807, 2.05) is 29.2 Å². The maximum Gasteiger partial charge on any atom is 0.237 e. The van der Waals surface area contributed by atoms with Gasteiger partial charge in [-0.2, -0.15) is 5.10 Å². The summed E-state index contributed by atoms with van der Waals surface area (Å²) in [6, 6.07) is 7.29. The molecule has 144 valence electrons. The van der Waals surface area contributed by atoms with Crippen molar-refractivity contribution in [2.45, 2.75) is 25.4 Å². The SMILES string of the molecule is COc1cccc(CN2CCNC(=O)[C@H]2CC(=O)NCCc2cn[nH]c2)c1. The van der Waals surface area contributed by atoms with E-state index in [1.165, 1.54) is 0 Å². The van der Waals surface area contributed by atoms with Gasteiger partial charge in [0.1, 0.15) is 5.75 Å². The number of benzene rings is 1. The van der Waals surface area contributed by atoms with Crippen molar-refractivity contribution in [3.05, 3.63) is 47.8 Å². The van der Waals surface area contributed by atoms with Crippen LogP contribution in [-0.2, 0) is 22.6 Å². The van der Waals surface area contributed by atoms with Crippen molar-refractivity contribution in [3.8, 4) is 5.75 Å². The van der Waals surface area contributed by atoms with Gasteiger partial charge in [-0.1, -0.05) is 12.1 Å². The van der Waals surface area contributed by atoms with Crippen LogP contribution in [-0.4, -0.2) is 59.7 Å². The Hall–Kier alpha value is -2.87. The third-order valence-electron chi connectivity index (χ3n) is 4.63.